The first kappa shape index (κ1) is 22.1. The van der Waals surface area contributed by atoms with E-state index >= 15 is 0 Å². The molecule has 1 aromatic rings. The maximum Gasteiger partial charge on any atom is 0.224 e. The van der Waals surface area contributed by atoms with Crippen molar-refractivity contribution in [3.63, 3.8) is 0 Å². The van der Waals surface area contributed by atoms with Gasteiger partial charge in [-0.1, -0.05) is 0 Å². The van der Waals surface area contributed by atoms with Gasteiger partial charge in [-0.15, -0.1) is 11.3 Å². The Morgan fingerprint density at radius 3 is 2.86 bits per heavy atom. The van der Waals surface area contributed by atoms with Gasteiger partial charge in [-0.05, 0) is 42.7 Å². The van der Waals surface area contributed by atoms with Crippen molar-refractivity contribution in [3.05, 3.63) is 21.9 Å². The predicted octanol–water partition coefficient (Wildman–Crippen LogP) is 2.12. The molecule has 0 bridgehead atoms. The topological polar surface area (TPSA) is 66.4 Å². The number of thiophene rings is 1. The largest absolute Gasteiger partial charge is 0.385 e. The van der Waals surface area contributed by atoms with Crippen LogP contribution in [0.2, 0.25) is 0 Å². The molecular weight excluding hydrogens is 388 g/mol. The van der Waals surface area contributed by atoms with Crippen LogP contribution in [0.25, 0.3) is 0 Å². The summed E-state index contributed by atoms with van der Waals surface area (Å²) in [6, 6.07) is 2.14. The maximum absolute atomic E-state index is 12.6. The monoisotopic (exact) mass is 422 g/mol. The van der Waals surface area contributed by atoms with Crippen molar-refractivity contribution in [1.82, 2.24) is 15.1 Å². The van der Waals surface area contributed by atoms with E-state index in [1.807, 2.05) is 4.90 Å². The van der Waals surface area contributed by atoms with Gasteiger partial charge in [0.1, 0.15) is 0 Å². The zero-order valence-electron chi connectivity index (χ0n) is 17.7. The number of likely N-dealkylation sites (tertiary alicyclic amines) is 1. The van der Waals surface area contributed by atoms with Gasteiger partial charge >= 0.3 is 0 Å². The van der Waals surface area contributed by atoms with Crippen molar-refractivity contribution in [3.8, 4) is 0 Å². The lowest BCUT2D eigenvalue weighted by atomic mass is 10.1. The number of methoxy groups -OCH3 is 1. The molecule has 0 saturated carbocycles. The summed E-state index contributed by atoms with van der Waals surface area (Å²) in [5.74, 6) is 1.10. The number of hydrogen-bond acceptors (Lipinski definition) is 5. The molecule has 162 valence electrons. The average molecular weight is 423 g/mol. The first-order valence-electron chi connectivity index (χ1n) is 10.6. The van der Waals surface area contributed by atoms with Gasteiger partial charge in [-0.25, -0.2) is 0 Å². The van der Waals surface area contributed by atoms with E-state index in [0.29, 0.717) is 19.1 Å². The third kappa shape index (κ3) is 6.42. The third-order valence-electron chi connectivity index (χ3n) is 5.58. The molecule has 0 aliphatic carbocycles. The number of guanidine groups is 1. The van der Waals surface area contributed by atoms with Gasteiger partial charge in [0.05, 0.1) is 6.10 Å². The Kier molecular flexibility index (Phi) is 8.76. The van der Waals surface area contributed by atoms with Crippen LogP contribution in [0.5, 0.6) is 0 Å². The van der Waals surface area contributed by atoms with Crippen molar-refractivity contribution in [2.45, 2.75) is 44.8 Å². The minimum absolute atomic E-state index is 0.216. The summed E-state index contributed by atoms with van der Waals surface area (Å²) in [5, 5.41) is 5.49. The Bertz CT molecular complexity index is 671. The minimum Gasteiger partial charge on any atom is -0.385 e. The Morgan fingerprint density at radius 2 is 2.10 bits per heavy atom. The van der Waals surface area contributed by atoms with Crippen LogP contribution in [-0.4, -0.2) is 81.3 Å². The van der Waals surface area contributed by atoms with Gasteiger partial charge in [-0.3, -0.25) is 9.79 Å². The van der Waals surface area contributed by atoms with Crippen LogP contribution < -0.4 is 5.32 Å². The Labute approximate surface area is 178 Å². The zero-order chi connectivity index (χ0) is 20.5. The molecule has 0 aromatic carbocycles. The summed E-state index contributed by atoms with van der Waals surface area (Å²) in [6.07, 6.45) is 4.75. The molecule has 3 heterocycles. The highest BCUT2D eigenvalue weighted by molar-refractivity contribution is 7.10. The number of fused-ring (bicyclic) bond motifs is 1. The molecule has 0 spiro atoms. The number of nitrogens with one attached hydrogen (secondary N) is 1. The normalized spacial score (nSPS) is 18.1. The maximum atomic E-state index is 12.6. The molecule has 2 aliphatic rings. The Morgan fingerprint density at radius 1 is 1.28 bits per heavy atom. The molecule has 8 heteroatoms. The lowest BCUT2D eigenvalue weighted by Crippen LogP contribution is -2.47. The van der Waals surface area contributed by atoms with Crippen LogP contribution in [0.4, 0.5) is 0 Å². The third-order valence-corrected chi connectivity index (χ3v) is 6.61. The smallest absolute Gasteiger partial charge is 0.224 e. The second-order valence-corrected chi connectivity index (χ2v) is 8.56. The molecule has 1 saturated heterocycles. The van der Waals surface area contributed by atoms with E-state index in [0.717, 1.165) is 71.0 Å². The van der Waals surface area contributed by atoms with Crippen molar-refractivity contribution in [2.75, 3.05) is 53.6 Å². The molecular formula is C21H34N4O3S. The number of piperidine rings is 1. The van der Waals surface area contributed by atoms with E-state index < -0.39 is 0 Å². The first-order chi connectivity index (χ1) is 14.2. The lowest BCUT2D eigenvalue weighted by Gasteiger charge is -2.34. The molecule has 2 aliphatic heterocycles. The second-order valence-electron chi connectivity index (χ2n) is 7.56. The average Bonchev–Trinajstić information content (AvgIpc) is 3.23. The fraction of sp³-hybridized carbons (Fsp3) is 0.714. The number of amides is 1. The van der Waals surface area contributed by atoms with E-state index in [-0.39, 0.29) is 5.91 Å². The number of hydrogen-bond donors (Lipinski definition) is 1. The molecule has 29 heavy (non-hydrogen) atoms. The molecule has 0 radical (unpaired) electrons. The number of carbonyl (C=O) groups is 1. The summed E-state index contributed by atoms with van der Waals surface area (Å²) in [5.41, 5.74) is 1.31. The van der Waals surface area contributed by atoms with E-state index in [9.17, 15) is 4.79 Å². The Hall–Kier alpha value is -1.64. The van der Waals surface area contributed by atoms with Crippen molar-refractivity contribution < 1.29 is 14.3 Å². The highest BCUT2D eigenvalue weighted by Crippen LogP contribution is 2.24. The fourth-order valence-corrected chi connectivity index (χ4v) is 4.81. The van der Waals surface area contributed by atoms with Gasteiger partial charge in [0, 0.05) is 71.4 Å². The molecule has 3 rings (SSSR count). The summed E-state index contributed by atoms with van der Waals surface area (Å²) in [6.45, 7) is 5.57. The quantitative estimate of drug-likeness (QED) is 0.395. The Balaban J connectivity index is 1.34. The van der Waals surface area contributed by atoms with E-state index in [1.54, 1.807) is 25.5 Å². The van der Waals surface area contributed by atoms with Crippen molar-refractivity contribution in [1.29, 1.82) is 0 Å². The van der Waals surface area contributed by atoms with Crippen LogP contribution in [-0.2, 0) is 27.2 Å². The van der Waals surface area contributed by atoms with Crippen LogP contribution in [0.15, 0.2) is 16.4 Å². The number of nitrogens with zero attached hydrogens (tertiary/aromatic N) is 3. The van der Waals surface area contributed by atoms with Crippen LogP contribution in [0.1, 0.15) is 36.1 Å². The SMILES string of the molecule is CN=C(NCCC(=O)N1CCc2sccc2C1)N1CCC(OCCCOC)CC1. The van der Waals surface area contributed by atoms with E-state index in [2.05, 4.69) is 26.7 Å². The van der Waals surface area contributed by atoms with Crippen LogP contribution >= 0.6 is 11.3 Å². The van der Waals surface area contributed by atoms with Gasteiger partial charge in [0.15, 0.2) is 5.96 Å². The first-order valence-corrected chi connectivity index (χ1v) is 11.5. The number of ether oxygens (including phenoxy) is 2. The van der Waals surface area contributed by atoms with Gasteiger partial charge in [0.25, 0.3) is 0 Å². The van der Waals surface area contributed by atoms with Crippen LogP contribution in [0.3, 0.4) is 0 Å². The number of aliphatic imine (C=N–C) groups is 1. The minimum atomic E-state index is 0.216. The molecule has 0 atom stereocenters. The number of rotatable bonds is 8. The molecule has 1 N–H and O–H groups in total. The molecule has 7 nitrogen and oxygen atoms in total. The second kappa shape index (κ2) is 11.5. The number of carbonyl (C=O) groups excluding carboxylic acids is 1. The fourth-order valence-electron chi connectivity index (χ4n) is 3.92. The highest BCUT2D eigenvalue weighted by atomic mass is 32.1. The summed E-state index contributed by atoms with van der Waals surface area (Å²) in [7, 11) is 3.52. The predicted molar refractivity (Wildman–Crippen MR) is 116 cm³/mol. The van der Waals surface area contributed by atoms with Gasteiger partial charge < -0.3 is 24.6 Å². The van der Waals surface area contributed by atoms with Crippen molar-refractivity contribution in [2.24, 2.45) is 4.99 Å². The molecule has 1 fully saturated rings. The summed E-state index contributed by atoms with van der Waals surface area (Å²) in [4.78, 5) is 22.7. The van der Waals surface area contributed by atoms with E-state index in [1.165, 1.54) is 10.4 Å². The highest BCUT2D eigenvalue weighted by Gasteiger charge is 2.23. The lowest BCUT2D eigenvalue weighted by molar-refractivity contribution is -0.131. The van der Waals surface area contributed by atoms with E-state index in [4.69, 9.17) is 9.47 Å². The summed E-state index contributed by atoms with van der Waals surface area (Å²) >= 11 is 1.80. The van der Waals surface area contributed by atoms with Crippen LogP contribution in [0, 0.1) is 0 Å². The summed E-state index contributed by atoms with van der Waals surface area (Å²) < 4.78 is 11.0. The molecule has 0 unspecified atom stereocenters. The standard InChI is InChI=1S/C21H34N4O3S/c1-22-21(24-10-5-18(6-11-24)28-14-3-13-27-2)23-9-4-20(26)25-12-7-19-17(16-25)8-15-29-19/h8,15,18H,3-7,9-14,16H2,1-2H3,(H,22,23). The molecule has 1 aromatic heterocycles. The van der Waals surface area contributed by atoms with Gasteiger partial charge in [0.2, 0.25) is 5.91 Å². The molecule has 1 amide bonds. The zero-order valence-corrected chi connectivity index (χ0v) is 18.5. The van der Waals surface area contributed by atoms with Crippen molar-refractivity contribution >= 4 is 23.2 Å². The van der Waals surface area contributed by atoms with Gasteiger partial charge in [-0.2, -0.15) is 0 Å².